The summed E-state index contributed by atoms with van der Waals surface area (Å²) >= 11 is 1.30. The number of aromatic nitrogens is 2. The summed E-state index contributed by atoms with van der Waals surface area (Å²) in [5, 5.41) is 3.49. The second-order valence-corrected chi connectivity index (χ2v) is 11.6. The second-order valence-electron chi connectivity index (χ2n) is 8.76. The van der Waals surface area contributed by atoms with Gasteiger partial charge in [-0.15, -0.1) is 0 Å². The molecule has 0 unspecified atom stereocenters. The van der Waals surface area contributed by atoms with Gasteiger partial charge in [-0.25, -0.2) is 17.8 Å². The molecule has 0 radical (unpaired) electrons. The normalized spacial score (nSPS) is 14.5. The number of methoxy groups -OCH3 is 1. The standard InChI is InChI=1S/C26H31FN4O4S2/c1-35-17-5-16-31-24(20-6-8-21(27)9-7-20)18-28-26(31)36-19-25(32)29-22-10-12-23(13-11-22)37(33,34)30-14-3-2-4-15-30/h6-13,18H,2-5,14-17,19H2,1H3,(H,29,32). The Labute approximate surface area is 221 Å². The topological polar surface area (TPSA) is 93.5 Å². The first-order valence-electron chi connectivity index (χ1n) is 12.2. The van der Waals surface area contributed by atoms with Crippen LogP contribution in [0.15, 0.2) is 64.8 Å². The van der Waals surface area contributed by atoms with Gasteiger partial charge >= 0.3 is 0 Å². The van der Waals surface area contributed by atoms with Gasteiger partial charge < -0.3 is 14.6 Å². The number of carbonyl (C=O) groups is 1. The van der Waals surface area contributed by atoms with Crippen molar-refractivity contribution in [1.82, 2.24) is 13.9 Å². The second kappa shape index (κ2) is 12.7. The maximum atomic E-state index is 13.4. The molecule has 2 aromatic carbocycles. The molecular formula is C26H31FN4O4S2. The third kappa shape index (κ3) is 6.98. The van der Waals surface area contributed by atoms with E-state index in [-0.39, 0.29) is 22.4 Å². The van der Waals surface area contributed by atoms with Crippen LogP contribution in [0.4, 0.5) is 10.1 Å². The average molecular weight is 547 g/mol. The van der Waals surface area contributed by atoms with Crippen LogP contribution >= 0.6 is 11.8 Å². The zero-order chi connectivity index (χ0) is 26.3. The molecule has 1 aromatic heterocycles. The van der Waals surface area contributed by atoms with Crippen LogP contribution < -0.4 is 5.32 Å². The molecule has 198 valence electrons. The Balaban J connectivity index is 1.39. The minimum atomic E-state index is -3.52. The van der Waals surface area contributed by atoms with Crippen LogP contribution in [-0.4, -0.2) is 60.7 Å². The van der Waals surface area contributed by atoms with E-state index in [2.05, 4.69) is 10.3 Å². The van der Waals surface area contributed by atoms with Gasteiger partial charge in [0.25, 0.3) is 0 Å². The van der Waals surface area contributed by atoms with Gasteiger partial charge in [-0.3, -0.25) is 4.79 Å². The highest BCUT2D eigenvalue weighted by Crippen LogP contribution is 2.27. The first-order chi connectivity index (χ1) is 17.9. The van der Waals surface area contributed by atoms with Gasteiger partial charge in [-0.1, -0.05) is 18.2 Å². The molecule has 1 amide bonds. The molecule has 8 nitrogen and oxygen atoms in total. The van der Waals surface area contributed by atoms with Crippen molar-refractivity contribution in [1.29, 1.82) is 0 Å². The Morgan fingerprint density at radius 3 is 2.46 bits per heavy atom. The molecule has 0 aliphatic carbocycles. The van der Waals surface area contributed by atoms with E-state index in [1.54, 1.807) is 37.6 Å². The van der Waals surface area contributed by atoms with Crippen LogP contribution in [-0.2, 0) is 26.1 Å². The summed E-state index contributed by atoms with van der Waals surface area (Å²) in [6.07, 6.45) is 5.29. The predicted molar refractivity (Wildman–Crippen MR) is 143 cm³/mol. The third-order valence-electron chi connectivity index (χ3n) is 6.11. The van der Waals surface area contributed by atoms with E-state index in [9.17, 15) is 17.6 Å². The molecule has 3 aromatic rings. The largest absolute Gasteiger partial charge is 0.385 e. The van der Waals surface area contributed by atoms with Gasteiger partial charge in [-0.2, -0.15) is 4.31 Å². The van der Waals surface area contributed by atoms with Crippen LogP contribution in [0.25, 0.3) is 11.3 Å². The molecule has 0 spiro atoms. The van der Waals surface area contributed by atoms with E-state index >= 15 is 0 Å². The van der Waals surface area contributed by atoms with Crippen LogP contribution in [0.5, 0.6) is 0 Å². The minimum Gasteiger partial charge on any atom is -0.385 e. The predicted octanol–water partition coefficient (Wildman–Crippen LogP) is 4.63. The highest BCUT2D eigenvalue weighted by Gasteiger charge is 2.25. The van der Waals surface area contributed by atoms with Crippen LogP contribution in [0, 0.1) is 5.82 Å². The average Bonchev–Trinajstić information content (AvgIpc) is 3.31. The van der Waals surface area contributed by atoms with Crippen LogP contribution in [0.1, 0.15) is 25.7 Å². The number of nitrogens with zero attached hydrogens (tertiary/aromatic N) is 3. The van der Waals surface area contributed by atoms with Crippen molar-refractivity contribution in [2.75, 3.05) is 37.9 Å². The van der Waals surface area contributed by atoms with Crippen molar-refractivity contribution >= 4 is 33.4 Å². The Bertz CT molecular complexity index is 1290. The summed E-state index contributed by atoms with van der Waals surface area (Å²) in [5.41, 5.74) is 2.20. The maximum absolute atomic E-state index is 13.4. The summed E-state index contributed by atoms with van der Waals surface area (Å²) < 4.78 is 47.7. The van der Waals surface area contributed by atoms with E-state index in [1.165, 1.54) is 40.3 Å². The summed E-state index contributed by atoms with van der Waals surface area (Å²) in [5.74, 6) is -0.415. The monoisotopic (exact) mass is 546 g/mol. The lowest BCUT2D eigenvalue weighted by Gasteiger charge is -2.25. The lowest BCUT2D eigenvalue weighted by atomic mass is 10.1. The number of imidazole rings is 1. The van der Waals surface area contributed by atoms with Crippen molar-refractivity contribution in [3.05, 3.63) is 60.5 Å². The van der Waals surface area contributed by atoms with Crippen molar-refractivity contribution < 1.29 is 22.3 Å². The molecular weight excluding hydrogens is 515 g/mol. The number of halogens is 1. The highest BCUT2D eigenvalue weighted by molar-refractivity contribution is 7.99. The van der Waals surface area contributed by atoms with Crippen LogP contribution in [0.2, 0.25) is 0 Å². The van der Waals surface area contributed by atoms with E-state index in [1.807, 2.05) is 4.57 Å². The van der Waals surface area contributed by atoms with Gasteiger partial charge in [0, 0.05) is 39.0 Å². The van der Waals surface area contributed by atoms with Gasteiger partial charge in [0.05, 0.1) is 22.5 Å². The quantitative estimate of drug-likeness (QED) is 0.278. The van der Waals surface area contributed by atoms with Gasteiger partial charge in [-0.05, 0) is 73.4 Å². The zero-order valence-electron chi connectivity index (χ0n) is 20.7. The maximum Gasteiger partial charge on any atom is 0.243 e. The number of carbonyl (C=O) groups excluding carboxylic acids is 1. The molecule has 37 heavy (non-hydrogen) atoms. The number of anilines is 1. The lowest BCUT2D eigenvalue weighted by Crippen LogP contribution is -2.35. The summed E-state index contributed by atoms with van der Waals surface area (Å²) in [4.78, 5) is 17.4. The number of sulfonamides is 1. The molecule has 1 fully saturated rings. The van der Waals surface area contributed by atoms with Crippen molar-refractivity contribution in [2.45, 2.75) is 42.3 Å². The molecule has 1 aliphatic rings. The minimum absolute atomic E-state index is 0.123. The number of thioether (sulfide) groups is 1. The van der Waals surface area contributed by atoms with E-state index < -0.39 is 10.0 Å². The zero-order valence-corrected chi connectivity index (χ0v) is 22.4. The number of amides is 1. The van der Waals surface area contributed by atoms with E-state index in [4.69, 9.17) is 4.74 Å². The molecule has 0 atom stereocenters. The molecule has 2 heterocycles. The number of nitrogens with one attached hydrogen (secondary N) is 1. The number of hydrogen-bond acceptors (Lipinski definition) is 6. The Kier molecular flexibility index (Phi) is 9.36. The highest BCUT2D eigenvalue weighted by atomic mass is 32.2. The first kappa shape index (κ1) is 27.3. The fourth-order valence-corrected chi connectivity index (χ4v) is 6.52. The fourth-order valence-electron chi connectivity index (χ4n) is 4.20. The number of ether oxygens (including phenoxy) is 1. The number of rotatable bonds is 11. The lowest BCUT2D eigenvalue weighted by molar-refractivity contribution is -0.113. The van der Waals surface area contributed by atoms with Gasteiger partial charge in [0.2, 0.25) is 15.9 Å². The summed E-state index contributed by atoms with van der Waals surface area (Å²) in [6.45, 7) is 2.30. The van der Waals surface area contributed by atoms with E-state index in [0.29, 0.717) is 37.1 Å². The smallest absolute Gasteiger partial charge is 0.243 e. The molecule has 4 rings (SSSR count). The van der Waals surface area contributed by atoms with Crippen molar-refractivity contribution in [3.8, 4) is 11.3 Å². The molecule has 1 N–H and O–H groups in total. The van der Waals surface area contributed by atoms with E-state index in [0.717, 1.165) is 36.9 Å². The SMILES string of the molecule is COCCCn1c(-c2ccc(F)cc2)cnc1SCC(=O)Nc1ccc(S(=O)(=O)N2CCCCC2)cc1. The van der Waals surface area contributed by atoms with Gasteiger partial charge in [0.15, 0.2) is 5.16 Å². The molecule has 0 bridgehead atoms. The molecule has 1 saturated heterocycles. The number of benzene rings is 2. The van der Waals surface area contributed by atoms with Gasteiger partial charge in [0.1, 0.15) is 5.82 Å². The molecule has 1 aliphatic heterocycles. The number of hydrogen-bond donors (Lipinski definition) is 1. The number of piperidine rings is 1. The first-order valence-corrected chi connectivity index (χ1v) is 14.6. The Morgan fingerprint density at radius 1 is 1.08 bits per heavy atom. The fraction of sp³-hybridized carbons (Fsp3) is 0.385. The van der Waals surface area contributed by atoms with Crippen molar-refractivity contribution in [3.63, 3.8) is 0 Å². The Morgan fingerprint density at radius 2 is 1.78 bits per heavy atom. The third-order valence-corrected chi connectivity index (χ3v) is 9.02. The molecule has 11 heteroatoms. The van der Waals surface area contributed by atoms with Crippen LogP contribution in [0.3, 0.4) is 0 Å². The summed E-state index contributed by atoms with van der Waals surface area (Å²) in [7, 11) is -1.87. The summed E-state index contributed by atoms with van der Waals surface area (Å²) in [6, 6.07) is 12.5. The molecule has 0 saturated carbocycles. The Hall–Kier alpha value is -2.73. The van der Waals surface area contributed by atoms with Crippen molar-refractivity contribution in [2.24, 2.45) is 0 Å².